The zero-order chi connectivity index (χ0) is 33.4. The van der Waals surface area contributed by atoms with Crippen molar-refractivity contribution in [2.24, 2.45) is 0 Å². The number of anilines is 2. The van der Waals surface area contributed by atoms with Crippen molar-refractivity contribution >= 4 is 35.3 Å². The van der Waals surface area contributed by atoms with Gasteiger partial charge in [-0.05, 0) is 55.3 Å². The molecule has 0 radical (unpaired) electrons. The summed E-state index contributed by atoms with van der Waals surface area (Å²) in [6.07, 6.45) is -17.3. The Morgan fingerprint density at radius 3 is 1.91 bits per heavy atom. The zero-order valence-corrected chi connectivity index (χ0v) is 23.5. The van der Waals surface area contributed by atoms with Gasteiger partial charge in [-0.3, -0.25) is 9.59 Å². The minimum absolute atomic E-state index is 0.0535. The molecule has 43 heavy (non-hydrogen) atoms. The Labute approximate surface area is 244 Å². The number of aromatic nitrogens is 1. The van der Waals surface area contributed by atoms with Gasteiger partial charge in [0.2, 0.25) is 6.41 Å². The van der Waals surface area contributed by atoms with Crippen molar-refractivity contribution in [3.05, 3.63) is 87.7 Å². The van der Waals surface area contributed by atoms with Crippen LogP contribution < -0.4 is 10.6 Å². The molecule has 5 nitrogen and oxygen atoms in total. The maximum Gasteiger partial charge on any atom is 0.435 e. The van der Waals surface area contributed by atoms with Crippen LogP contribution >= 0.6 is 11.6 Å². The summed E-state index contributed by atoms with van der Waals surface area (Å²) in [5, 5.41) is 4.50. The number of nitrogens with one attached hydrogen (secondary N) is 2. The lowest BCUT2D eigenvalue weighted by atomic mass is 9.90. The van der Waals surface area contributed by atoms with E-state index in [-0.39, 0.29) is 23.5 Å². The normalized spacial score (nSPS) is 11.8. The Morgan fingerprint density at radius 1 is 0.860 bits per heavy atom. The molecule has 0 saturated carbocycles. The van der Waals surface area contributed by atoms with Gasteiger partial charge in [0.15, 0.2) is 0 Å². The Morgan fingerprint density at radius 2 is 1.44 bits per heavy atom. The molecule has 2 aromatic carbocycles. The lowest BCUT2D eigenvalue weighted by Crippen LogP contribution is -2.50. The summed E-state index contributed by atoms with van der Waals surface area (Å²) in [6.45, 7) is 6.66. The Kier molecular flexibility index (Phi) is 12.6. The monoisotopic (exact) mass is 647 g/mol. The smallest absolute Gasteiger partial charge is 0.328 e. The lowest BCUT2D eigenvalue weighted by Gasteiger charge is -2.31. The van der Waals surface area contributed by atoms with Gasteiger partial charge in [0.25, 0.3) is 5.91 Å². The molecule has 0 atom stereocenters. The maximum atomic E-state index is 13.9. The Balaban J connectivity index is 0.000000426. The van der Waals surface area contributed by atoms with Gasteiger partial charge in [0.05, 0.1) is 16.8 Å². The molecule has 2 amide bonds. The van der Waals surface area contributed by atoms with Crippen LogP contribution in [-0.2, 0) is 16.6 Å². The number of pyridine rings is 1. The highest BCUT2D eigenvalue weighted by Gasteiger charge is 2.73. The summed E-state index contributed by atoms with van der Waals surface area (Å²) >= 11 is 5.84. The van der Waals surface area contributed by atoms with Crippen molar-refractivity contribution < 1.29 is 53.5 Å². The highest BCUT2D eigenvalue weighted by molar-refractivity contribution is 6.33. The van der Waals surface area contributed by atoms with E-state index in [9.17, 15) is 53.5 Å². The second kappa shape index (κ2) is 14.5. The Bertz CT molecular complexity index is 1390. The molecule has 3 aromatic rings. The molecule has 0 fully saturated rings. The number of carbonyl (C=O) groups is 2. The number of halogens is 11. The van der Waals surface area contributed by atoms with Gasteiger partial charge in [-0.2, -0.15) is 39.5 Å². The molecule has 0 aliphatic carbocycles. The zero-order valence-electron chi connectivity index (χ0n) is 22.7. The fourth-order valence-corrected chi connectivity index (χ4v) is 3.63. The summed E-state index contributed by atoms with van der Waals surface area (Å²) in [4.78, 5) is 26.1. The van der Waals surface area contributed by atoms with Crippen LogP contribution in [0.25, 0.3) is 0 Å². The van der Waals surface area contributed by atoms with E-state index in [0.29, 0.717) is 12.5 Å². The van der Waals surface area contributed by atoms with E-state index in [0.717, 1.165) is 11.3 Å². The first-order valence-electron chi connectivity index (χ1n) is 12.0. The first-order chi connectivity index (χ1) is 19.7. The molecule has 16 heteroatoms. The fourth-order valence-electron chi connectivity index (χ4n) is 3.42. The number of nitrogens with zero attached hydrogens (tertiary/aromatic N) is 1. The van der Waals surface area contributed by atoms with E-state index < -0.39 is 52.6 Å². The van der Waals surface area contributed by atoms with Crippen LogP contribution in [0.3, 0.4) is 0 Å². The SMILES string of the molecule is CC.Cc1cc(C(F)(C(F)(F)F)C(F)(F)F)cc(C(F)(F)F)c1NC=O.Cc1cccc(NC(=O)c2cccnc2Cl)c1. The standard InChI is InChI=1S/C13H11ClN2O.C12H7F10NO.C2H6/c1-9-4-2-5-10(8-9)16-13(17)11-6-3-7-15-12(11)14;1-5-2-6(9(13,11(17,18)19)12(20,21)22)3-7(10(14,15)16)8(5)23-4-24;1-2/h2-8H,1H3,(H,16,17);2-4H,1H3,(H,23,24);1-2H3. The number of hydrogen-bond donors (Lipinski definition) is 2. The number of benzene rings is 2. The van der Waals surface area contributed by atoms with Gasteiger partial charge >= 0.3 is 24.2 Å². The minimum atomic E-state index is -6.56. The van der Waals surface area contributed by atoms with E-state index >= 15 is 0 Å². The fraction of sp³-hybridized carbons (Fsp3) is 0.296. The predicted octanol–water partition coefficient (Wildman–Crippen LogP) is 9.19. The van der Waals surface area contributed by atoms with Crippen LogP contribution in [0.5, 0.6) is 0 Å². The number of aryl methyl sites for hydroxylation is 2. The van der Waals surface area contributed by atoms with Gasteiger partial charge in [-0.25, -0.2) is 9.37 Å². The van der Waals surface area contributed by atoms with Crippen molar-refractivity contribution in [2.45, 2.75) is 51.9 Å². The average Bonchev–Trinajstić information content (AvgIpc) is 2.89. The van der Waals surface area contributed by atoms with E-state index in [1.807, 2.05) is 45.0 Å². The van der Waals surface area contributed by atoms with E-state index in [4.69, 9.17) is 11.6 Å². The van der Waals surface area contributed by atoms with Gasteiger partial charge < -0.3 is 10.6 Å². The van der Waals surface area contributed by atoms with Crippen LogP contribution in [0.4, 0.5) is 55.3 Å². The second-order valence-corrected chi connectivity index (χ2v) is 8.65. The van der Waals surface area contributed by atoms with Crippen molar-refractivity contribution in [3.63, 3.8) is 0 Å². The minimum Gasteiger partial charge on any atom is -0.328 e. The molecule has 2 N–H and O–H groups in total. The molecule has 0 unspecified atom stereocenters. The molecular formula is C27H24ClF10N3O2. The number of alkyl halides is 10. The molecule has 1 aromatic heterocycles. The predicted molar refractivity (Wildman–Crippen MR) is 140 cm³/mol. The molecule has 3 rings (SSSR count). The molecule has 0 spiro atoms. The van der Waals surface area contributed by atoms with Crippen LogP contribution in [0.2, 0.25) is 5.15 Å². The summed E-state index contributed by atoms with van der Waals surface area (Å²) in [5.41, 5.74) is -10.0. The molecule has 0 aliphatic heterocycles. The largest absolute Gasteiger partial charge is 0.435 e. The number of hydrogen-bond acceptors (Lipinski definition) is 3. The third-order valence-electron chi connectivity index (χ3n) is 5.30. The van der Waals surface area contributed by atoms with Crippen molar-refractivity contribution in [3.8, 4) is 0 Å². The lowest BCUT2D eigenvalue weighted by molar-refractivity contribution is -0.348. The summed E-state index contributed by atoms with van der Waals surface area (Å²) in [7, 11) is 0. The molecule has 236 valence electrons. The maximum absolute atomic E-state index is 13.9. The third-order valence-corrected chi connectivity index (χ3v) is 5.60. The van der Waals surface area contributed by atoms with Gasteiger partial charge in [-0.15, -0.1) is 0 Å². The van der Waals surface area contributed by atoms with E-state index in [2.05, 4.69) is 10.3 Å². The number of amides is 2. The second-order valence-electron chi connectivity index (χ2n) is 8.30. The van der Waals surface area contributed by atoms with Crippen LogP contribution in [0.1, 0.15) is 46.5 Å². The molecule has 1 heterocycles. The van der Waals surface area contributed by atoms with Crippen molar-refractivity contribution in [1.29, 1.82) is 0 Å². The molecular weight excluding hydrogens is 624 g/mol. The molecule has 0 aliphatic rings. The van der Waals surface area contributed by atoms with Crippen molar-refractivity contribution in [1.82, 2.24) is 4.98 Å². The highest BCUT2D eigenvalue weighted by Crippen LogP contribution is 2.54. The summed E-state index contributed by atoms with van der Waals surface area (Å²) in [5.74, 6) is -0.256. The van der Waals surface area contributed by atoms with Gasteiger partial charge in [0, 0.05) is 17.4 Å². The summed E-state index contributed by atoms with van der Waals surface area (Å²) in [6, 6.07) is 10.2. The quantitative estimate of drug-likeness (QED) is 0.165. The number of carbonyl (C=O) groups excluding carboxylic acids is 2. The number of rotatable bonds is 5. The van der Waals surface area contributed by atoms with Crippen LogP contribution in [-0.4, -0.2) is 29.7 Å². The van der Waals surface area contributed by atoms with Gasteiger partial charge in [0.1, 0.15) is 5.15 Å². The van der Waals surface area contributed by atoms with Crippen molar-refractivity contribution in [2.75, 3.05) is 10.6 Å². The van der Waals surface area contributed by atoms with E-state index in [1.54, 1.807) is 18.3 Å². The first kappa shape index (κ1) is 37.1. The van der Waals surface area contributed by atoms with E-state index in [1.165, 1.54) is 5.32 Å². The van der Waals surface area contributed by atoms with Crippen LogP contribution in [0, 0.1) is 13.8 Å². The molecule has 0 saturated heterocycles. The average molecular weight is 648 g/mol. The Hall–Kier alpha value is -3.88. The summed E-state index contributed by atoms with van der Waals surface area (Å²) < 4.78 is 128. The highest BCUT2D eigenvalue weighted by atomic mass is 35.5. The van der Waals surface area contributed by atoms with Crippen LogP contribution in [0.15, 0.2) is 54.7 Å². The molecule has 0 bridgehead atoms. The third kappa shape index (κ3) is 9.05. The van der Waals surface area contributed by atoms with Gasteiger partial charge in [-0.1, -0.05) is 43.6 Å². The topological polar surface area (TPSA) is 71.1 Å². The first-order valence-corrected chi connectivity index (χ1v) is 12.3.